The molecule has 1 aromatic heterocycles. The zero-order valence-corrected chi connectivity index (χ0v) is 8.75. The maximum absolute atomic E-state index is 10.9. The maximum atomic E-state index is 10.9. The second-order valence-corrected chi connectivity index (χ2v) is 3.28. The van der Waals surface area contributed by atoms with E-state index >= 15 is 0 Å². The first-order valence-electron chi connectivity index (χ1n) is 4.78. The number of nitrogens with zero attached hydrogens (tertiary/aromatic N) is 3. The van der Waals surface area contributed by atoms with Crippen LogP contribution in [0.5, 0.6) is 0 Å². The molecule has 2 aromatic rings. The van der Waals surface area contributed by atoms with E-state index in [-0.39, 0.29) is 5.56 Å². The molecule has 0 spiro atoms. The molecule has 0 saturated heterocycles. The topological polar surface area (TPSA) is 77.2 Å². The number of hydrogen-bond acceptors (Lipinski definition) is 4. The van der Waals surface area contributed by atoms with Crippen molar-refractivity contribution >= 4 is 17.0 Å². The number of hydrogen-bond donors (Lipinski definition) is 1. The monoisotopic (exact) mass is 221 g/mol. The lowest BCUT2D eigenvalue weighted by molar-refractivity contribution is 0.0699. The number of fused-ring (bicyclic) bond motifs is 1. The highest BCUT2D eigenvalue weighted by atomic mass is 16.5. The molecule has 1 N–H and O–H groups in total. The zero-order valence-electron chi connectivity index (χ0n) is 8.75. The maximum Gasteiger partial charge on any atom is 0.338 e. The van der Waals surface area contributed by atoms with E-state index in [1.165, 1.54) is 6.07 Å². The molecule has 0 saturated carbocycles. The van der Waals surface area contributed by atoms with Crippen LogP contribution in [0.2, 0.25) is 0 Å². The number of rotatable bonds is 4. The van der Waals surface area contributed by atoms with Crippen molar-refractivity contribution in [2.24, 2.45) is 0 Å². The molecular formula is C10H11N3O3. The van der Waals surface area contributed by atoms with Crippen LogP contribution in [0.25, 0.3) is 11.0 Å². The Morgan fingerprint density at radius 3 is 3.06 bits per heavy atom. The normalized spacial score (nSPS) is 10.8. The minimum Gasteiger partial charge on any atom is -0.478 e. The molecule has 0 unspecified atom stereocenters. The fourth-order valence-corrected chi connectivity index (χ4v) is 1.51. The summed E-state index contributed by atoms with van der Waals surface area (Å²) in [5, 5.41) is 16.7. The van der Waals surface area contributed by atoms with Gasteiger partial charge in [0, 0.05) is 7.11 Å². The molecule has 0 radical (unpaired) electrons. The summed E-state index contributed by atoms with van der Waals surface area (Å²) in [5.74, 6) is -0.996. The Balaban J connectivity index is 2.48. The number of aromatic carboxylic acids is 1. The van der Waals surface area contributed by atoms with Crippen LogP contribution >= 0.6 is 0 Å². The number of carbonyl (C=O) groups is 1. The average Bonchev–Trinajstić information content (AvgIpc) is 2.69. The van der Waals surface area contributed by atoms with Gasteiger partial charge >= 0.3 is 5.97 Å². The lowest BCUT2D eigenvalue weighted by Crippen LogP contribution is -2.05. The fourth-order valence-electron chi connectivity index (χ4n) is 1.51. The van der Waals surface area contributed by atoms with Gasteiger partial charge in [-0.2, -0.15) is 0 Å². The second-order valence-electron chi connectivity index (χ2n) is 3.28. The summed E-state index contributed by atoms with van der Waals surface area (Å²) in [6, 6.07) is 4.98. The smallest absolute Gasteiger partial charge is 0.338 e. The van der Waals surface area contributed by atoms with Crippen LogP contribution in [0.15, 0.2) is 18.2 Å². The van der Waals surface area contributed by atoms with Gasteiger partial charge in [-0.15, -0.1) is 5.10 Å². The predicted octanol–water partition coefficient (Wildman–Crippen LogP) is 0.776. The van der Waals surface area contributed by atoms with E-state index in [0.717, 1.165) is 0 Å². The molecule has 6 nitrogen and oxygen atoms in total. The Labute approximate surface area is 91.4 Å². The largest absolute Gasteiger partial charge is 0.478 e. The van der Waals surface area contributed by atoms with Crippen molar-refractivity contribution in [3.8, 4) is 0 Å². The van der Waals surface area contributed by atoms with Gasteiger partial charge in [0.2, 0.25) is 0 Å². The van der Waals surface area contributed by atoms with Gasteiger partial charge in [-0.1, -0.05) is 11.3 Å². The van der Waals surface area contributed by atoms with E-state index < -0.39 is 5.97 Å². The van der Waals surface area contributed by atoms with Crippen molar-refractivity contribution < 1.29 is 14.6 Å². The van der Waals surface area contributed by atoms with Crippen molar-refractivity contribution in [1.29, 1.82) is 0 Å². The summed E-state index contributed by atoms with van der Waals surface area (Å²) >= 11 is 0. The SMILES string of the molecule is COCCn1nnc2c(C(=O)O)cccc21. The van der Waals surface area contributed by atoms with Gasteiger partial charge in [-0.3, -0.25) is 0 Å². The number of carboxylic acid groups (broad SMARTS) is 1. The van der Waals surface area contributed by atoms with Crippen molar-refractivity contribution in [1.82, 2.24) is 15.0 Å². The van der Waals surface area contributed by atoms with Crippen molar-refractivity contribution in [2.75, 3.05) is 13.7 Å². The standard InChI is InChI=1S/C10H11N3O3/c1-16-6-5-13-8-4-2-3-7(10(14)15)9(8)11-12-13/h2-4H,5-6H2,1H3,(H,14,15). The molecule has 1 aromatic carbocycles. The van der Waals surface area contributed by atoms with Gasteiger partial charge in [-0.05, 0) is 12.1 Å². The van der Waals surface area contributed by atoms with Crippen molar-refractivity contribution in [2.45, 2.75) is 6.54 Å². The number of ether oxygens (including phenoxy) is 1. The van der Waals surface area contributed by atoms with Gasteiger partial charge in [0.15, 0.2) is 0 Å². The van der Waals surface area contributed by atoms with Gasteiger partial charge in [0.25, 0.3) is 0 Å². The molecule has 0 aliphatic carbocycles. The summed E-state index contributed by atoms with van der Waals surface area (Å²) in [7, 11) is 1.60. The molecule has 0 bridgehead atoms. The fraction of sp³-hybridized carbons (Fsp3) is 0.300. The number of carboxylic acids is 1. The molecule has 2 rings (SSSR count). The van der Waals surface area contributed by atoms with Crippen LogP contribution in [0.1, 0.15) is 10.4 Å². The van der Waals surface area contributed by atoms with Gasteiger partial charge in [0.05, 0.1) is 24.2 Å². The first-order chi connectivity index (χ1) is 7.74. The van der Waals surface area contributed by atoms with E-state index in [2.05, 4.69) is 10.3 Å². The summed E-state index contributed by atoms with van der Waals surface area (Å²) in [5.41, 5.74) is 1.28. The molecular weight excluding hydrogens is 210 g/mol. The Hall–Kier alpha value is -1.95. The Bertz CT molecular complexity index is 521. The molecule has 0 fully saturated rings. The second kappa shape index (κ2) is 4.28. The Morgan fingerprint density at radius 1 is 1.56 bits per heavy atom. The van der Waals surface area contributed by atoms with Gasteiger partial charge in [0.1, 0.15) is 5.52 Å². The number of aromatic nitrogens is 3. The molecule has 16 heavy (non-hydrogen) atoms. The number of benzene rings is 1. The first kappa shape index (κ1) is 10.6. The van der Waals surface area contributed by atoms with Crippen LogP contribution in [-0.2, 0) is 11.3 Å². The molecule has 0 aliphatic rings. The zero-order chi connectivity index (χ0) is 11.5. The minimum absolute atomic E-state index is 0.168. The average molecular weight is 221 g/mol. The Kier molecular flexibility index (Phi) is 2.82. The van der Waals surface area contributed by atoms with E-state index in [9.17, 15) is 4.79 Å². The lowest BCUT2D eigenvalue weighted by Gasteiger charge is -2.00. The molecule has 0 amide bonds. The van der Waals surface area contributed by atoms with E-state index in [4.69, 9.17) is 9.84 Å². The minimum atomic E-state index is -0.996. The van der Waals surface area contributed by atoms with Gasteiger partial charge < -0.3 is 9.84 Å². The van der Waals surface area contributed by atoms with Crippen LogP contribution in [-0.4, -0.2) is 39.8 Å². The van der Waals surface area contributed by atoms with Gasteiger partial charge in [-0.25, -0.2) is 9.48 Å². The Morgan fingerprint density at radius 2 is 2.38 bits per heavy atom. The third kappa shape index (κ3) is 1.74. The van der Waals surface area contributed by atoms with Crippen LogP contribution in [0, 0.1) is 0 Å². The predicted molar refractivity (Wildman–Crippen MR) is 56.4 cm³/mol. The van der Waals surface area contributed by atoms with E-state index in [1.807, 2.05) is 0 Å². The van der Waals surface area contributed by atoms with Crippen LogP contribution in [0.4, 0.5) is 0 Å². The highest BCUT2D eigenvalue weighted by Gasteiger charge is 2.13. The van der Waals surface area contributed by atoms with Crippen molar-refractivity contribution in [3.05, 3.63) is 23.8 Å². The third-order valence-corrected chi connectivity index (χ3v) is 2.28. The lowest BCUT2D eigenvalue weighted by atomic mass is 10.2. The molecule has 84 valence electrons. The van der Waals surface area contributed by atoms with E-state index in [0.29, 0.717) is 24.2 Å². The molecule has 0 aliphatic heterocycles. The van der Waals surface area contributed by atoms with Crippen molar-refractivity contribution in [3.63, 3.8) is 0 Å². The first-order valence-corrected chi connectivity index (χ1v) is 4.78. The summed E-state index contributed by atoms with van der Waals surface area (Å²) in [6.07, 6.45) is 0. The quantitative estimate of drug-likeness (QED) is 0.825. The third-order valence-electron chi connectivity index (χ3n) is 2.28. The molecule has 6 heteroatoms. The van der Waals surface area contributed by atoms with E-state index in [1.54, 1.807) is 23.9 Å². The number of methoxy groups -OCH3 is 1. The highest BCUT2D eigenvalue weighted by Crippen LogP contribution is 2.15. The summed E-state index contributed by atoms with van der Waals surface area (Å²) in [6.45, 7) is 1.06. The summed E-state index contributed by atoms with van der Waals surface area (Å²) in [4.78, 5) is 10.9. The van der Waals surface area contributed by atoms with Crippen LogP contribution < -0.4 is 0 Å². The molecule has 1 heterocycles. The van der Waals surface area contributed by atoms with Crippen LogP contribution in [0.3, 0.4) is 0 Å². The molecule has 0 atom stereocenters. The highest BCUT2D eigenvalue weighted by molar-refractivity contribution is 6.00. The summed E-state index contributed by atoms with van der Waals surface area (Å²) < 4.78 is 6.57.